The Hall–Kier alpha value is -1.95. The van der Waals surface area contributed by atoms with Gasteiger partial charge in [-0.25, -0.2) is 9.18 Å². The largest absolute Gasteiger partial charge is 0.467 e. The first-order valence-electron chi connectivity index (χ1n) is 6.84. The van der Waals surface area contributed by atoms with Gasteiger partial charge in [0.15, 0.2) is 0 Å². The molecule has 0 aliphatic carbocycles. The molecule has 2 atom stereocenters. The minimum absolute atomic E-state index is 0.170. The highest BCUT2D eigenvalue weighted by atomic mass is 19.1. The minimum Gasteiger partial charge on any atom is -0.467 e. The Morgan fingerprint density at radius 3 is 2.95 bits per heavy atom. The van der Waals surface area contributed by atoms with E-state index in [0.717, 1.165) is 6.42 Å². The molecule has 5 nitrogen and oxygen atoms in total. The number of nitrogens with one attached hydrogen (secondary N) is 1. The van der Waals surface area contributed by atoms with Gasteiger partial charge in [-0.05, 0) is 30.5 Å². The summed E-state index contributed by atoms with van der Waals surface area (Å²) in [6.07, 6.45) is 1.11. The van der Waals surface area contributed by atoms with Crippen LogP contribution in [0.5, 0.6) is 0 Å². The molecule has 0 bridgehead atoms. The summed E-state index contributed by atoms with van der Waals surface area (Å²) in [5.74, 6) is -1.29. The van der Waals surface area contributed by atoms with Crippen molar-refractivity contribution in [3.8, 4) is 0 Å². The third-order valence-electron chi connectivity index (χ3n) is 3.35. The van der Waals surface area contributed by atoms with Gasteiger partial charge in [0.05, 0.1) is 7.11 Å². The van der Waals surface area contributed by atoms with Gasteiger partial charge in [0.2, 0.25) is 5.91 Å². The molecule has 114 valence electrons. The quantitative estimate of drug-likeness (QED) is 0.829. The Kier molecular flexibility index (Phi) is 5.27. The van der Waals surface area contributed by atoms with Gasteiger partial charge in [-0.15, -0.1) is 0 Å². The van der Waals surface area contributed by atoms with E-state index in [-0.39, 0.29) is 18.1 Å². The van der Waals surface area contributed by atoms with Crippen LogP contribution in [0.15, 0.2) is 24.3 Å². The van der Waals surface area contributed by atoms with Crippen molar-refractivity contribution in [3.05, 3.63) is 35.6 Å². The van der Waals surface area contributed by atoms with E-state index in [0.29, 0.717) is 18.6 Å². The molecule has 1 aliphatic rings. The number of benzene rings is 1. The van der Waals surface area contributed by atoms with Crippen molar-refractivity contribution in [2.75, 3.05) is 13.7 Å². The zero-order chi connectivity index (χ0) is 15.2. The van der Waals surface area contributed by atoms with Crippen molar-refractivity contribution in [2.24, 2.45) is 0 Å². The summed E-state index contributed by atoms with van der Waals surface area (Å²) in [5, 5.41) is 2.62. The first-order valence-corrected chi connectivity index (χ1v) is 6.84. The Morgan fingerprint density at radius 1 is 1.52 bits per heavy atom. The van der Waals surface area contributed by atoms with E-state index in [1.807, 2.05) is 0 Å². The second-order valence-electron chi connectivity index (χ2n) is 4.92. The number of methoxy groups -OCH3 is 1. The smallest absolute Gasteiger partial charge is 0.328 e. The van der Waals surface area contributed by atoms with Crippen molar-refractivity contribution < 1.29 is 23.5 Å². The molecule has 0 unspecified atom stereocenters. The van der Waals surface area contributed by atoms with Gasteiger partial charge in [0.25, 0.3) is 0 Å². The zero-order valence-corrected chi connectivity index (χ0v) is 11.8. The van der Waals surface area contributed by atoms with Crippen LogP contribution in [-0.4, -0.2) is 37.7 Å². The third-order valence-corrected chi connectivity index (χ3v) is 3.35. The molecule has 0 spiro atoms. The van der Waals surface area contributed by atoms with E-state index in [1.165, 1.54) is 19.2 Å². The minimum atomic E-state index is -0.853. The summed E-state index contributed by atoms with van der Waals surface area (Å²) < 4.78 is 23.1. The van der Waals surface area contributed by atoms with E-state index < -0.39 is 18.1 Å². The highest BCUT2D eigenvalue weighted by Gasteiger charge is 2.28. The van der Waals surface area contributed by atoms with Crippen LogP contribution in [0.3, 0.4) is 0 Å². The molecule has 1 heterocycles. The molecule has 21 heavy (non-hydrogen) atoms. The lowest BCUT2D eigenvalue weighted by molar-refractivity contribution is -0.146. The molecule has 6 heteroatoms. The second-order valence-corrected chi connectivity index (χ2v) is 4.92. The van der Waals surface area contributed by atoms with Crippen LogP contribution in [0.4, 0.5) is 4.39 Å². The number of esters is 1. The lowest BCUT2D eigenvalue weighted by atomic mass is 10.1. The predicted molar refractivity (Wildman–Crippen MR) is 73.0 cm³/mol. The summed E-state index contributed by atoms with van der Waals surface area (Å²) in [6, 6.07) is 5.04. The van der Waals surface area contributed by atoms with Crippen LogP contribution < -0.4 is 5.32 Å². The second kappa shape index (κ2) is 7.17. The van der Waals surface area contributed by atoms with Gasteiger partial charge in [-0.3, -0.25) is 4.79 Å². The summed E-state index contributed by atoms with van der Waals surface area (Å²) >= 11 is 0. The first kappa shape index (κ1) is 15.4. The number of hydrogen-bond donors (Lipinski definition) is 1. The van der Waals surface area contributed by atoms with E-state index in [9.17, 15) is 14.0 Å². The number of rotatable bonds is 5. The number of carbonyl (C=O) groups is 2. The molecule has 1 aromatic carbocycles. The van der Waals surface area contributed by atoms with Gasteiger partial charge in [0, 0.05) is 13.0 Å². The maximum Gasteiger partial charge on any atom is 0.328 e. The van der Waals surface area contributed by atoms with Crippen LogP contribution >= 0.6 is 0 Å². The third kappa shape index (κ3) is 4.26. The number of ether oxygens (including phenoxy) is 2. The van der Waals surface area contributed by atoms with Crippen molar-refractivity contribution in [2.45, 2.75) is 31.4 Å². The Labute approximate surface area is 122 Å². The molecule has 1 amide bonds. The number of hydrogen-bond acceptors (Lipinski definition) is 4. The first-order chi connectivity index (χ1) is 10.1. The molecule has 0 radical (unpaired) electrons. The number of amides is 1. The Bertz CT molecular complexity index is 514. The SMILES string of the molecule is COC(=O)[C@H](Cc1cccc(F)c1)NC(=O)[C@@H]1CCCO1. The van der Waals surface area contributed by atoms with Crippen LogP contribution in [-0.2, 0) is 25.5 Å². The van der Waals surface area contributed by atoms with Crippen LogP contribution in [0.2, 0.25) is 0 Å². The van der Waals surface area contributed by atoms with Gasteiger partial charge >= 0.3 is 5.97 Å². The van der Waals surface area contributed by atoms with Crippen LogP contribution in [0.1, 0.15) is 18.4 Å². The predicted octanol–water partition coefficient (Wildman–Crippen LogP) is 1.20. The normalized spacial score (nSPS) is 19.0. The number of halogens is 1. The maximum absolute atomic E-state index is 13.2. The van der Waals surface area contributed by atoms with Crippen LogP contribution in [0.25, 0.3) is 0 Å². The molecule has 2 rings (SSSR count). The fourth-order valence-electron chi connectivity index (χ4n) is 2.28. The summed E-state index contributed by atoms with van der Waals surface area (Å²) in [6.45, 7) is 0.547. The maximum atomic E-state index is 13.2. The van der Waals surface area contributed by atoms with Gasteiger partial charge in [-0.2, -0.15) is 0 Å². The van der Waals surface area contributed by atoms with E-state index in [2.05, 4.69) is 5.32 Å². The van der Waals surface area contributed by atoms with Crippen molar-refractivity contribution in [1.29, 1.82) is 0 Å². The van der Waals surface area contributed by atoms with Gasteiger partial charge in [-0.1, -0.05) is 12.1 Å². The van der Waals surface area contributed by atoms with Gasteiger partial charge in [0.1, 0.15) is 18.0 Å². The van der Waals surface area contributed by atoms with E-state index >= 15 is 0 Å². The molecular formula is C15H18FNO4. The average Bonchev–Trinajstić information content (AvgIpc) is 3.00. The molecular weight excluding hydrogens is 277 g/mol. The fourth-order valence-corrected chi connectivity index (χ4v) is 2.28. The molecule has 1 fully saturated rings. The number of carbonyl (C=O) groups excluding carboxylic acids is 2. The van der Waals surface area contributed by atoms with Crippen LogP contribution in [0, 0.1) is 5.82 Å². The molecule has 1 aliphatic heterocycles. The standard InChI is InChI=1S/C15H18FNO4/c1-20-15(19)12(9-10-4-2-5-11(16)8-10)17-14(18)13-6-3-7-21-13/h2,4-5,8,12-13H,3,6-7,9H2,1H3,(H,17,18)/t12-,13-/m0/s1. The average molecular weight is 295 g/mol. The summed E-state index contributed by atoms with van der Waals surface area (Å²) in [5.41, 5.74) is 0.609. The highest BCUT2D eigenvalue weighted by molar-refractivity contribution is 5.87. The molecule has 0 aromatic heterocycles. The Balaban J connectivity index is 2.03. The highest BCUT2D eigenvalue weighted by Crippen LogP contribution is 2.13. The van der Waals surface area contributed by atoms with Gasteiger partial charge < -0.3 is 14.8 Å². The van der Waals surface area contributed by atoms with E-state index in [4.69, 9.17) is 9.47 Å². The topological polar surface area (TPSA) is 64.6 Å². The summed E-state index contributed by atoms with van der Waals surface area (Å²) in [4.78, 5) is 23.8. The molecule has 1 N–H and O–H groups in total. The lowest BCUT2D eigenvalue weighted by Gasteiger charge is -2.18. The Morgan fingerprint density at radius 2 is 2.33 bits per heavy atom. The lowest BCUT2D eigenvalue weighted by Crippen LogP contribution is -2.47. The monoisotopic (exact) mass is 295 g/mol. The fraction of sp³-hybridized carbons (Fsp3) is 0.467. The van der Waals surface area contributed by atoms with E-state index in [1.54, 1.807) is 12.1 Å². The van der Waals surface area contributed by atoms with Crippen molar-refractivity contribution in [1.82, 2.24) is 5.32 Å². The molecule has 1 saturated heterocycles. The molecule has 0 saturated carbocycles. The van der Waals surface area contributed by atoms with Crippen molar-refractivity contribution >= 4 is 11.9 Å². The summed E-state index contributed by atoms with van der Waals surface area (Å²) in [7, 11) is 1.25. The van der Waals surface area contributed by atoms with Crippen molar-refractivity contribution in [3.63, 3.8) is 0 Å². The zero-order valence-electron chi connectivity index (χ0n) is 11.8. The molecule has 1 aromatic rings.